The molecule has 0 spiro atoms. The third-order valence-corrected chi connectivity index (χ3v) is 4.56. The molecule has 2 N–H and O–H groups in total. The number of carboxylic acids is 1. The molecule has 6 heteroatoms. The molecule has 1 atom stereocenters. The highest BCUT2D eigenvalue weighted by Gasteiger charge is 2.13. The molecule has 0 aromatic carbocycles. The van der Waals surface area contributed by atoms with E-state index < -0.39 is 12.0 Å². The van der Waals surface area contributed by atoms with E-state index in [1.165, 1.54) is 4.88 Å². The van der Waals surface area contributed by atoms with Gasteiger partial charge in [-0.05, 0) is 17.9 Å². The van der Waals surface area contributed by atoms with E-state index in [2.05, 4.69) is 21.7 Å². The lowest BCUT2D eigenvalue weighted by molar-refractivity contribution is -0.139. The molecule has 2 aromatic rings. The van der Waals surface area contributed by atoms with E-state index in [1.54, 1.807) is 22.7 Å². The van der Waals surface area contributed by atoms with Crippen LogP contribution in [0.3, 0.4) is 0 Å². The Bertz CT molecular complexity index is 522. The van der Waals surface area contributed by atoms with E-state index >= 15 is 0 Å². The number of carbonyl (C=O) groups is 1. The first-order chi connectivity index (χ1) is 9.20. The van der Waals surface area contributed by atoms with Crippen molar-refractivity contribution in [2.24, 2.45) is 0 Å². The number of nitrogens with one attached hydrogen (secondary N) is 1. The van der Waals surface area contributed by atoms with E-state index in [1.807, 2.05) is 18.4 Å². The van der Waals surface area contributed by atoms with Gasteiger partial charge in [-0.1, -0.05) is 13.0 Å². The van der Waals surface area contributed by atoms with Crippen LogP contribution in [0.25, 0.3) is 10.6 Å². The van der Waals surface area contributed by atoms with Crippen LogP contribution in [0, 0.1) is 0 Å². The fraction of sp³-hybridized carbons (Fsp3) is 0.385. The van der Waals surface area contributed by atoms with Gasteiger partial charge in [0.15, 0.2) is 0 Å². The largest absolute Gasteiger partial charge is 0.480 e. The molecule has 0 radical (unpaired) electrons. The predicted molar refractivity (Wildman–Crippen MR) is 78.8 cm³/mol. The summed E-state index contributed by atoms with van der Waals surface area (Å²) in [5.74, 6) is -0.791. The highest BCUT2D eigenvalue weighted by Crippen LogP contribution is 2.26. The molecule has 0 aliphatic rings. The predicted octanol–water partition coefficient (Wildman–Crippen LogP) is 2.87. The van der Waals surface area contributed by atoms with Crippen molar-refractivity contribution in [3.05, 3.63) is 27.9 Å². The number of thiazole rings is 1. The molecule has 2 heterocycles. The van der Waals surface area contributed by atoms with E-state index in [0.717, 1.165) is 17.1 Å². The summed E-state index contributed by atoms with van der Waals surface area (Å²) in [5.41, 5.74) is 1.01. The number of nitrogens with zero attached hydrogens (tertiary/aromatic N) is 1. The molecule has 19 heavy (non-hydrogen) atoms. The molecule has 0 aliphatic heterocycles. The van der Waals surface area contributed by atoms with Crippen molar-refractivity contribution in [3.8, 4) is 10.6 Å². The third kappa shape index (κ3) is 3.86. The summed E-state index contributed by atoms with van der Waals surface area (Å²) in [4.78, 5) is 16.6. The zero-order valence-electron chi connectivity index (χ0n) is 10.6. The first-order valence-electron chi connectivity index (χ1n) is 6.15. The van der Waals surface area contributed by atoms with Crippen LogP contribution in [0.2, 0.25) is 0 Å². The minimum absolute atomic E-state index is 0.461. The van der Waals surface area contributed by atoms with E-state index in [4.69, 9.17) is 5.11 Å². The van der Waals surface area contributed by atoms with Crippen LogP contribution in [-0.2, 0) is 11.2 Å². The molecule has 102 valence electrons. The maximum absolute atomic E-state index is 10.9. The third-order valence-electron chi connectivity index (χ3n) is 2.76. The summed E-state index contributed by atoms with van der Waals surface area (Å²) in [6.07, 6.45) is 1.35. The molecule has 0 amide bonds. The molecular formula is C13H16N2O2S2. The van der Waals surface area contributed by atoms with Gasteiger partial charge in [0.25, 0.3) is 0 Å². The van der Waals surface area contributed by atoms with Gasteiger partial charge in [0.05, 0.1) is 15.6 Å². The smallest absolute Gasteiger partial charge is 0.320 e. The lowest BCUT2D eigenvalue weighted by atomic mass is 10.2. The van der Waals surface area contributed by atoms with Crippen LogP contribution in [0.4, 0.5) is 0 Å². The highest BCUT2D eigenvalue weighted by molar-refractivity contribution is 7.14. The number of hydrogen-bond donors (Lipinski definition) is 2. The molecule has 4 nitrogen and oxygen atoms in total. The van der Waals surface area contributed by atoms with Crippen LogP contribution in [-0.4, -0.2) is 28.6 Å². The molecule has 0 aliphatic carbocycles. The normalized spacial score (nSPS) is 12.5. The van der Waals surface area contributed by atoms with Gasteiger partial charge in [-0.2, -0.15) is 0 Å². The molecule has 0 saturated heterocycles. The Morgan fingerprint density at radius 1 is 1.53 bits per heavy atom. The van der Waals surface area contributed by atoms with Gasteiger partial charge < -0.3 is 10.4 Å². The van der Waals surface area contributed by atoms with Crippen LogP contribution in [0.15, 0.2) is 22.9 Å². The summed E-state index contributed by atoms with van der Waals surface area (Å²) in [7, 11) is 0. The minimum atomic E-state index is -0.791. The van der Waals surface area contributed by atoms with Crippen molar-refractivity contribution in [2.45, 2.75) is 25.8 Å². The Balaban J connectivity index is 1.86. The topological polar surface area (TPSA) is 62.2 Å². The van der Waals surface area contributed by atoms with E-state index in [9.17, 15) is 4.79 Å². The Labute approximate surface area is 120 Å². The Morgan fingerprint density at radius 2 is 2.37 bits per heavy atom. The molecule has 0 fully saturated rings. The quantitative estimate of drug-likeness (QED) is 0.824. The molecule has 0 bridgehead atoms. The maximum atomic E-state index is 10.9. The Kier molecular flexibility index (Phi) is 5.07. The summed E-state index contributed by atoms with van der Waals surface area (Å²) < 4.78 is 0. The minimum Gasteiger partial charge on any atom is -0.480 e. The van der Waals surface area contributed by atoms with Crippen molar-refractivity contribution in [1.29, 1.82) is 0 Å². The summed E-state index contributed by atoms with van der Waals surface area (Å²) in [6.45, 7) is 2.51. The highest BCUT2D eigenvalue weighted by atomic mass is 32.1. The molecule has 2 rings (SSSR count). The van der Waals surface area contributed by atoms with Crippen molar-refractivity contribution in [2.75, 3.05) is 6.54 Å². The van der Waals surface area contributed by atoms with Crippen LogP contribution in [0.5, 0.6) is 0 Å². The number of rotatable bonds is 7. The average Bonchev–Trinajstić information content (AvgIpc) is 3.04. The molecular weight excluding hydrogens is 280 g/mol. The van der Waals surface area contributed by atoms with Gasteiger partial charge in [-0.15, -0.1) is 22.7 Å². The Morgan fingerprint density at radius 3 is 3.00 bits per heavy atom. The summed E-state index contributed by atoms with van der Waals surface area (Å²) in [5, 5.41) is 17.1. The van der Waals surface area contributed by atoms with Crippen molar-refractivity contribution in [3.63, 3.8) is 0 Å². The second-order valence-corrected chi connectivity index (χ2v) is 6.00. The SMILES string of the molecule is CCC(NCCc1nc(-c2cccs2)cs1)C(=O)O. The average molecular weight is 296 g/mol. The first kappa shape index (κ1) is 14.2. The first-order valence-corrected chi connectivity index (χ1v) is 7.91. The van der Waals surface area contributed by atoms with E-state index in [0.29, 0.717) is 13.0 Å². The molecule has 0 saturated carbocycles. The van der Waals surface area contributed by atoms with Crippen LogP contribution < -0.4 is 5.32 Å². The van der Waals surface area contributed by atoms with Gasteiger partial charge in [0, 0.05) is 18.3 Å². The zero-order chi connectivity index (χ0) is 13.7. The second-order valence-electron chi connectivity index (χ2n) is 4.11. The fourth-order valence-corrected chi connectivity index (χ4v) is 3.28. The maximum Gasteiger partial charge on any atom is 0.320 e. The number of aliphatic carboxylic acids is 1. The number of thiophene rings is 1. The van der Waals surface area contributed by atoms with Gasteiger partial charge in [0.1, 0.15) is 6.04 Å². The van der Waals surface area contributed by atoms with Gasteiger partial charge in [-0.25, -0.2) is 4.98 Å². The summed E-state index contributed by atoms with van der Waals surface area (Å²) in [6, 6.07) is 3.61. The standard InChI is InChI=1S/C13H16N2O2S2/c1-2-9(13(16)17)14-6-5-12-15-10(8-19-12)11-4-3-7-18-11/h3-4,7-9,14H,2,5-6H2,1H3,(H,16,17). The van der Waals surface area contributed by atoms with Gasteiger partial charge in [-0.3, -0.25) is 4.79 Å². The lowest BCUT2D eigenvalue weighted by Crippen LogP contribution is -2.37. The van der Waals surface area contributed by atoms with Crippen molar-refractivity contribution < 1.29 is 9.90 Å². The Hall–Kier alpha value is -1.24. The second kappa shape index (κ2) is 6.79. The van der Waals surface area contributed by atoms with Crippen molar-refractivity contribution in [1.82, 2.24) is 10.3 Å². The van der Waals surface area contributed by atoms with Crippen LogP contribution in [0.1, 0.15) is 18.4 Å². The zero-order valence-corrected chi connectivity index (χ0v) is 12.3. The lowest BCUT2D eigenvalue weighted by Gasteiger charge is -2.10. The van der Waals surface area contributed by atoms with Crippen molar-refractivity contribution >= 4 is 28.6 Å². The number of aromatic nitrogens is 1. The number of carboxylic acid groups (broad SMARTS) is 1. The number of hydrogen-bond acceptors (Lipinski definition) is 5. The summed E-state index contributed by atoms with van der Waals surface area (Å²) >= 11 is 3.30. The van der Waals surface area contributed by atoms with E-state index in [-0.39, 0.29) is 0 Å². The fourth-order valence-electron chi connectivity index (χ4n) is 1.72. The monoisotopic (exact) mass is 296 g/mol. The van der Waals surface area contributed by atoms with Gasteiger partial charge >= 0.3 is 5.97 Å². The van der Waals surface area contributed by atoms with Crippen LogP contribution >= 0.6 is 22.7 Å². The van der Waals surface area contributed by atoms with Gasteiger partial charge in [0.2, 0.25) is 0 Å². The molecule has 2 aromatic heterocycles. The molecule has 1 unspecified atom stereocenters.